The molecule has 3 aliphatic heterocycles. The zero-order valence-corrected chi connectivity index (χ0v) is 24.5. The van der Waals surface area contributed by atoms with Crippen molar-refractivity contribution in [2.45, 2.75) is 56.8 Å². The summed E-state index contributed by atoms with van der Waals surface area (Å²) in [7, 11) is 0. The number of pyridine rings is 1. The van der Waals surface area contributed by atoms with Crippen LogP contribution in [0.2, 0.25) is 0 Å². The molecule has 3 aliphatic rings. The molecule has 2 saturated heterocycles. The number of benzene rings is 2. The normalized spacial score (nSPS) is 21.2. The summed E-state index contributed by atoms with van der Waals surface area (Å²) in [4.78, 5) is 16.0. The Kier molecular flexibility index (Phi) is 6.50. The molecule has 0 aliphatic carbocycles. The number of rotatable bonds is 5. The van der Waals surface area contributed by atoms with Crippen LogP contribution in [0.1, 0.15) is 43.4 Å². The van der Waals surface area contributed by atoms with Crippen LogP contribution in [0.3, 0.4) is 0 Å². The average Bonchev–Trinajstić information content (AvgIpc) is 3.72. The quantitative estimate of drug-likeness (QED) is 0.227. The van der Waals surface area contributed by atoms with Gasteiger partial charge in [-0.05, 0) is 74.4 Å². The van der Waals surface area contributed by atoms with Crippen molar-refractivity contribution in [3.63, 3.8) is 0 Å². The Morgan fingerprint density at radius 1 is 1.07 bits per heavy atom. The zero-order valence-electron chi connectivity index (χ0n) is 24.5. The molecule has 8 rings (SSSR count). The maximum Gasteiger partial charge on any atom is 0.317 e. The van der Waals surface area contributed by atoms with Gasteiger partial charge in [-0.15, -0.1) is 6.42 Å². The van der Waals surface area contributed by atoms with Crippen LogP contribution in [0.25, 0.3) is 44.3 Å². The van der Waals surface area contributed by atoms with E-state index >= 15 is 4.39 Å². The molecule has 0 bridgehead atoms. The van der Waals surface area contributed by atoms with E-state index in [1.807, 2.05) is 6.07 Å². The van der Waals surface area contributed by atoms with E-state index in [4.69, 9.17) is 16.1 Å². The second kappa shape index (κ2) is 10.5. The van der Waals surface area contributed by atoms with Gasteiger partial charge in [0.05, 0.1) is 16.8 Å². The van der Waals surface area contributed by atoms with Crippen LogP contribution < -0.4 is 4.74 Å². The summed E-state index contributed by atoms with van der Waals surface area (Å²) in [6, 6.07) is 9.48. The van der Waals surface area contributed by atoms with E-state index in [1.165, 1.54) is 36.2 Å². The molecule has 1 N–H and O–H groups in total. The molecule has 2 fully saturated rings. The van der Waals surface area contributed by atoms with Crippen molar-refractivity contribution in [2.24, 2.45) is 0 Å². The maximum atomic E-state index is 16.8. The molecule has 0 unspecified atom stereocenters. The number of phenols is 1. The van der Waals surface area contributed by atoms with Crippen molar-refractivity contribution in [2.75, 3.05) is 19.7 Å². The molecule has 2 atom stereocenters. The SMILES string of the molecule is C#Cc1c(F)ccc2cc(O)cc(-c3ncc4c(-c5ccc6n5CCCC6)nc(OC[C@@]56CCCN5C[C@H](F)C6)nc4c3F)c12. The first kappa shape index (κ1) is 27.9. The topological polar surface area (TPSA) is 76.3 Å². The van der Waals surface area contributed by atoms with E-state index in [9.17, 15) is 13.9 Å². The maximum absolute atomic E-state index is 16.8. The van der Waals surface area contributed by atoms with Gasteiger partial charge >= 0.3 is 6.01 Å². The largest absolute Gasteiger partial charge is 0.508 e. The fraction of sp³-hybridized carbons (Fsp3) is 0.343. The molecule has 3 aromatic heterocycles. The van der Waals surface area contributed by atoms with Crippen molar-refractivity contribution in [3.8, 4) is 46.7 Å². The molecule has 7 nitrogen and oxygen atoms in total. The fourth-order valence-corrected chi connectivity index (χ4v) is 7.66. The van der Waals surface area contributed by atoms with Gasteiger partial charge in [0.25, 0.3) is 0 Å². The number of aryl methyl sites for hydroxylation is 1. The predicted octanol–water partition coefficient (Wildman–Crippen LogP) is 6.57. The minimum atomic E-state index is -0.921. The van der Waals surface area contributed by atoms with Gasteiger partial charge in [-0.2, -0.15) is 9.97 Å². The Labute approximate surface area is 257 Å². The number of fused-ring (bicyclic) bond motifs is 4. The average molecular weight is 610 g/mol. The highest BCUT2D eigenvalue weighted by Crippen LogP contribution is 2.42. The summed E-state index contributed by atoms with van der Waals surface area (Å²) in [5.74, 6) is 0.798. The van der Waals surface area contributed by atoms with Gasteiger partial charge in [0.15, 0.2) is 5.82 Å². The molecule has 5 aromatic rings. The number of halogens is 3. The number of hydrogen-bond acceptors (Lipinski definition) is 6. The van der Waals surface area contributed by atoms with Gasteiger partial charge in [-0.1, -0.05) is 12.0 Å². The smallest absolute Gasteiger partial charge is 0.317 e. The molecule has 0 amide bonds. The van der Waals surface area contributed by atoms with E-state index < -0.39 is 23.3 Å². The third kappa shape index (κ3) is 4.44. The number of alkyl halides is 1. The number of terminal acetylenes is 1. The molecular formula is C35H30F3N5O2. The number of aromatic hydroxyl groups is 1. The van der Waals surface area contributed by atoms with E-state index in [-0.39, 0.29) is 46.1 Å². The first-order chi connectivity index (χ1) is 21.8. The minimum Gasteiger partial charge on any atom is -0.508 e. The monoisotopic (exact) mass is 609 g/mol. The van der Waals surface area contributed by atoms with Crippen molar-refractivity contribution < 1.29 is 23.0 Å². The summed E-state index contributed by atoms with van der Waals surface area (Å²) < 4.78 is 54.5. The van der Waals surface area contributed by atoms with Gasteiger partial charge in [0, 0.05) is 47.7 Å². The first-order valence-electron chi connectivity index (χ1n) is 15.3. The fourth-order valence-electron chi connectivity index (χ4n) is 7.66. The lowest BCUT2D eigenvalue weighted by molar-refractivity contribution is 0.107. The van der Waals surface area contributed by atoms with Crippen molar-refractivity contribution in [1.29, 1.82) is 0 Å². The molecule has 0 saturated carbocycles. The Morgan fingerprint density at radius 2 is 1.96 bits per heavy atom. The number of phenolic OH excluding ortho intramolecular Hbond substituents is 1. The zero-order chi connectivity index (χ0) is 30.9. The summed E-state index contributed by atoms with van der Waals surface area (Å²) in [6.45, 7) is 2.18. The molecule has 2 aromatic carbocycles. The minimum absolute atomic E-state index is 0.0143. The van der Waals surface area contributed by atoms with Gasteiger partial charge in [-0.3, -0.25) is 9.88 Å². The van der Waals surface area contributed by atoms with Crippen molar-refractivity contribution >= 4 is 21.7 Å². The Bertz CT molecular complexity index is 2050. The third-order valence-electron chi connectivity index (χ3n) is 9.72. The molecular weight excluding hydrogens is 579 g/mol. The van der Waals surface area contributed by atoms with Crippen molar-refractivity contribution in [1.82, 2.24) is 24.4 Å². The van der Waals surface area contributed by atoms with Crippen LogP contribution >= 0.6 is 0 Å². The van der Waals surface area contributed by atoms with Crippen LogP contribution in [-0.2, 0) is 13.0 Å². The second-order valence-corrected chi connectivity index (χ2v) is 12.4. The second-order valence-electron chi connectivity index (χ2n) is 12.4. The van der Waals surface area contributed by atoms with Crippen LogP contribution in [0.4, 0.5) is 13.2 Å². The molecule has 10 heteroatoms. The first-order valence-corrected chi connectivity index (χ1v) is 15.3. The van der Waals surface area contributed by atoms with E-state index in [2.05, 4.69) is 31.4 Å². The molecule has 228 valence electrons. The van der Waals surface area contributed by atoms with Crippen LogP contribution in [0.15, 0.2) is 42.6 Å². The lowest BCUT2D eigenvalue weighted by atomic mass is 9.95. The molecule has 6 heterocycles. The van der Waals surface area contributed by atoms with Gasteiger partial charge < -0.3 is 14.4 Å². The van der Waals surface area contributed by atoms with Crippen LogP contribution in [0, 0.1) is 24.0 Å². The predicted molar refractivity (Wildman–Crippen MR) is 165 cm³/mol. The van der Waals surface area contributed by atoms with Gasteiger partial charge in [0.1, 0.15) is 41.2 Å². The standard InChI is InChI=1S/C35H30F3N5O2/c1-2-24-27(37)9-7-20-14-23(44)15-25(29(20)24)32-30(38)33-26(17-39-32)31(28-10-8-22-6-3-4-13-43(22)28)40-34(41-33)45-19-35-11-5-12-42(35)18-21(36)16-35/h1,7-10,14-15,17,21,44H,3-6,11-13,16,18-19H2/t21-,35+/m1/s1. The third-order valence-corrected chi connectivity index (χ3v) is 9.72. The summed E-state index contributed by atoms with van der Waals surface area (Å²) in [5, 5.41) is 11.6. The van der Waals surface area contributed by atoms with E-state index in [1.54, 1.807) is 0 Å². The highest BCUT2D eigenvalue weighted by molar-refractivity contribution is 6.03. The molecule has 0 radical (unpaired) electrons. The summed E-state index contributed by atoms with van der Waals surface area (Å²) in [6.07, 6.45) is 11.4. The lowest BCUT2D eigenvalue weighted by Gasteiger charge is -2.30. The van der Waals surface area contributed by atoms with Crippen LogP contribution in [0.5, 0.6) is 11.8 Å². The number of hydrogen-bond donors (Lipinski definition) is 1. The van der Waals surface area contributed by atoms with Crippen molar-refractivity contribution in [3.05, 3.63) is 65.5 Å². The highest BCUT2D eigenvalue weighted by Gasteiger charge is 2.49. The summed E-state index contributed by atoms with van der Waals surface area (Å²) in [5.41, 5.74) is 1.93. The number of nitrogens with zero attached hydrogens (tertiary/aromatic N) is 5. The molecule has 0 spiro atoms. The molecule has 45 heavy (non-hydrogen) atoms. The Morgan fingerprint density at radius 3 is 2.82 bits per heavy atom. The van der Waals surface area contributed by atoms with Crippen LogP contribution in [-0.4, -0.2) is 60.9 Å². The van der Waals surface area contributed by atoms with E-state index in [0.29, 0.717) is 29.4 Å². The lowest BCUT2D eigenvalue weighted by Crippen LogP contribution is -2.43. The number of aromatic nitrogens is 4. The highest BCUT2D eigenvalue weighted by atomic mass is 19.1. The Hall–Kier alpha value is -4.62. The summed E-state index contributed by atoms with van der Waals surface area (Å²) >= 11 is 0. The Balaban J connectivity index is 1.32. The van der Waals surface area contributed by atoms with Gasteiger partial charge in [0.2, 0.25) is 0 Å². The number of ether oxygens (including phenoxy) is 1. The van der Waals surface area contributed by atoms with E-state index in [0.717, 1.165) is 50.9 Å². The van der Waals surface area contributed by atoms with Gasteiger partial charge in [-0.25, -0.2) is 13.2 Å².